The van der Waals surface area contributed by atoms with E-state index in [0.29, 0.717) is 18.7 Å². The van der Waals surface area contributed by atoms with E-state index in [9.17, 15) is 18.3 Å². The van der Waals surface area contributed by atoms with Gasteiger partial charge in [-0.2, -0.15) is 4.31 Å². The molecular weight excluding hydrogens is 418 g/mol. The lowest BCUT2D eigenvalue weighted by atomic mass is 10.0. The molecule has 1 amide bonds. The van der Waals surface area contributed by atoms with E-state index in [2.05, 4.69) is 11.8 Å². The maximum atomic E-state index is 13.4. The summed E-state index contributed by atoms with van der Waals surface area (Å²) in [6, 6.07) is 4.20. The fourth-order valence-electron chi connectivity index (χ4n) is 3.22. The highest BCUT2D eigenvalue weighted by Crippen LogP contribution is 2.34. The number of hydrogen-bond donors (Lipinski definition) is 1. The first-order valence-corrected chi connectivity index (χ1v) is 11.7. The van der Waals surface area contributed by atoms with Crippen molar-refractivity contribution in [1.82, 2.24) is 14.1 Å². The summed E-state index contributed by atoms with van der Waals surface area (Å²) in [6.45, 7) is 5.79. The topological polar surface area (TPSA) is 90.4 Å². The highest BCUT2D eigenvalue weighted by molar-refractivity contribution is 7.89. The number of ether oxygens (including phenoxy) is 1. The minimum atomic E-state index is -3.89. The number of likely N-dealkylation sites (N-methyl/N-ethyl adjacent to an activating group) is 1. The molecule has 2 rings (SSSR count). The molecule has 1 aromatic carbocycles. The third-order valence-corrected chi connectivity index (χ3v) is 7.31. The minimum Gasteiger partial charge on any atom is -0.487 e. The fourth-order valence-corrected chi connectivity index (χ4v) is 5.05. The van der Waals surface area contributed by atoms with Crippen molar-refractivity contribution in [3.05, 3.63) is 23.8 Å². The molecule has 31 heavy (non-hydrogen) atoms. The molecule has 9 heteroatoms. The molecule has 1 aromatic rings. The first kappa shape index (κ1) is 25.1. The molecule has 0 saturated carbocycles. The van der Waals surface area contributed by atoms with Crippen molar-refractivity contribution >= 4 is 15.9 Å². The van der Waals surface area contributed by atoms with Crippen LogP contribution in [0, 0.1) is 17.8 Å². The predicted octanol–water partition coefficient (Wildman–Crippen LogP) is 0.847. The molecule has 0 bridgehead atoms. The van der Waals surface area contributed by atoms with Gasteiger partial charge in [0, 0.05) is 38.0 Å². The Balaban J connectivity index is 2.56. The Morgan fingerprint density at radius 2 is 2.03 bits per heavy atom. The van der Waals surface area contributed by atoms with E-state index < -0.39 is 22.2 Å². The summed E-state index contributed by atoms with van der Waals surface area (Å²) in [4.78, 5) is 15.3. The lowest BCUT2D eigenvalue weighted by Crippen LogP contribution is -2.50. The normalized spacial score (nSPS) is 21.7. The number of benzene rings is 1. The number of nitrogens with zero attached hydrogens (tertiary/aromatic N) is 3. The highest BCUT2D eigenvalue weighted by atomic mass is 32.2. The molecule has 172 valence electrons. The summed E-state index contributed by atoms with van der Waals surface area (Å²) in [7, 11) is 1.62. The average molecular weight is 452 g/mol. The fraction of sp³-hybridized carbons (Fsp3) is 0.591. The molecule has 0 aliphatic carbocycles. The van der Waals surface area contributed by atoms with Crippen LogP contribution >= 0.6 is 0 Å². The van der Waals surface area contributed by atoms with Gasteiger partial charge in [0.25, 0.3) is 0 Å². The second kappa shape index (κ2) is 10.5. The number of aliphatic hydroxyl groups excluding tert-OH is 1. The molecule has 0 spiro atoms. The van der Waals surface area contributed by atoms with Crippen LogP contribution in [-0.4, -0.2) is 93.1 Å². The summed E-state index contributed by atoms with van der Waals surface area (Å²) in [5.74, 6) is 5.96. The van der Waals surface area contributed by atoms with Gasteiger partial charge in [-0.1, -0.05) is 18.8 Å². The predicted molar refractivity (Wildman–Crippen MR) is 119 cm³/mol. The number of aliphatic hydroxyl groups is 1. The number of amides is 1. The molecule has 3 atom stereocenters. The molecule has 1 heterocycles. The van der Waals surface area contributed by atoms with Gasteiger partial charge < -0.3 is 14.7 Å². The Morgan fingerprint density at radius 1 is 1.35 bits per heavy atom. The Morgan fingerprint density at radius 3 is 2.61 bits per heavy atom. The van der Waals surface area contributed by atoms with Crippen molar-refractivity contribution in [2.75, 3.05) is 47.4 Å². The van der Waals surface area contributed by atoms with Crippen molar-refractivity contribution in [1.29, 1.82) is 0 Å². The van der Waals surface area contributed by atoms with E-state index in [1.165, 1.54) is 17.3 Å². The first-order chi connectivity index (χ1) is 14.5. The SMILES string of the molecule is CC(=O)N(C)C[C@@H]1Oc2cc(C#CCN(C)C)ccc2S(=O)(=O)N([C@@H](C)CO)C[C@@H]1C. The van der Waals surface area contributed by atoms with E-state index in [4.69, 9.17) is 4.74 Å². The van der Waals surface area contributed by atoms with Crippen LogP contribution in [0.25, 0.3) is 0 Å². The summed E-state index contributed by atoms with van der Waals surface area (Å²) in [5, 5.41) is 9.67. The summed E-state index contributed by atoms with van der Waals surface area (Å²) in [6.07, 6.45) is -0.429. The first-order valence-electron chi connectivity index (χ1n) is 10.3. The van der Waals surface area contributed by atoms with Gasteiger partial charge in [-0.05, 0) is 39.2 Å². The molecular formula is C22H33N3O5S. The molecule has 0 aromatic heterocycles. The average Bonchev–Trinajstić information content (AvgIpc) is 2.69. The van der Waals surface area contributed by atoms with Gasteiger partial charge in [0.15, 0.2) is 0 Å². The number of carbonyl (C=O) groups excluding carboxylic acids is 1. The van der Waals surface area contributed by atoms with Crippen molar-refractivity contribution in [3.63, 3.8) is 0 Å². The number of carbonyl (C=O) groups is 1. The summed E-state index contributed by atoms with van der Waals surface area (Å²) < 4.78 is 34.3. The van der Waals surface area contributed by atoms with Gasteiger partial charge in [-0.25, -0.2) is 8.42 Å². The zero-order valence-corrected chi connectivity index (χ0v) is 19.9. The van der Waals surface area contributed by atoms with Crippen molar-refractivity contribution < 1.29 is 23.1 Å². The lowest BCUT2D eigenvalue weighted by molar-refractivity contribution is -0.129. The Kier molecular flexibility index (Phi) is 8.49. The molecule has 8 nitrogen and oxygen atoms in total. The largest absolute Gasteiger partial charge is 0.487 e. The highest BCUT2D eigenvalue weighted by Gasteiger charge is 2.38. The third-order valence-electron chi connectivity index (χ3n) is 5.29. The standard InChI is InChI=1S/C22H33N3O5S/c1-16-13-25(17(2)15-26)31(28,29)22-10-9-19(8-7-11-23(4)5)12-20(22)30-21(16)14-24(6)18(3)27/h9-10,12,16-17,21,26H,11,13-15H2,1-6H3/t16-,17-,21-/m0/s1. The van der Waals surface area contributed by atoms with Gasteiger partial charge >= 0.3 is 0 Å². The van der Waals surface area contributed by atoms with Crippen LogP contribution in [0.15, 0.2) is 23.1 Å². The van der Waals surface area contributed by atoms with Crippen LogP contribution in [0.3, 0.4) is 0 Å². The second-order valence-corrected chi connectivity index (χ2v) is 10.2. The van der Waals surface area contributed by atoms with E-state index in [1.54, 1.807) is 31.0 Å². The van der Waals surface area contributed by atoms with Crippen LogP contribution < -0.4 is 4.74 Å². The quantitative estimate of drug-likeness (QED) is 0.668. The molecule has 1 aliphatic rings. The minimum absolute atomic E-state index is 0.0355. The van der Waals surface area contributed by atoms with Gasteiger partial charge in [0.1, 0.15) is 16.7 Å². The van der Waals surface area contributed by atoms with Crippen molar-refractivity contribution in [2.24, 2.45) is 5.92 Å². The van der Waals surface area contributed by atoms with E-state index >= 15 is 0 Å². The van der Waals surface area contributed by atoms with Crippen LogP contribution in [-0.2, 0) is 14.8 Å². The molecule has 0 unspecified atom stereocenters. The van der Waals surface area contributed by atoms with Gasteiger partial charge in [0.05, 0.1) is 19.7 Å². The molecule has 1 N–H and O–H groups in total. The zero-order chi connectivity index (χ0) is 23.3. The van der Waals surface area contributed by atoms with Crippen molar-refractivity contribution in [2.45, 2.75) is 37.8 Å². The Bertz CT molecular complexity index is 952. The number of fused-ring (bicyclic) bond motifs is 1. The van der Waals surface area contributed by atoms with Crippen LogP contribution in [0.1, 0.15) is 26.3 Å². The number of hydrogen-bond acceptors (Lipinski definition) is 6. The lowest BCUT2D eigenvalue weighted by Gasteiger charge is -2.37. The van der Waals surface area contributed by atoms with Crippen molar-refractivity contribution in [3.8, 4) is 17.6 Å². The van der Waals surface area contributed by atoms with E-state index in [1.807, 2.05) is 25.9 Å². The number of sulfonamides is 1. The molecule has 0 saturated heterocycles. The van der Waals surface area contributed by atoms with Crippen LogP contribution in [0.4, 0.5) is 0 Å². The van der Waals surface area contributed by atoms with E-state index in [-0.39, 0.29) is 35.6 Å². The second-order valence-electron chi connectivity index (χ2n) is 8.34. The Hall–Kier alpha value is -2.12. The zero-order valence-electron chi connectivity index (χ0n) is 19.1. The summed E-state index contributed by atoms with van der Waals surface area (Å²) >= 11 is 0. The van der Waals surface area contributed by atoms with Crippen LogP contribution in [0.2, 0.25) is 0 Å². The maximum Gasteiger partial charge on any atom is 0.247 e. The maximum absolute atomic E-state index is 13.4. The van der Waals surface area contributed by atoms with Gasteiger partial charge in [-0.15, -0.1) is 0 Å². The Labute approximate surface area is 185 Å². The smallest absolute Gasteiger partial charge is 0.247 e. The van der Waals surface area contributed by atoms with Gasteiger partial charge in [0.2, 0.25) is 15.9 Å². The molecule has 1 aliphatic heterocycles. The third kappa shape index (κ3) is 6.20. The molecule has 0 fully saturated rings. The van der Waals surface area contributed by atoms with Crippen LogP contribution in [0.5, 0.6) is 5.75 Å². The monoisotopic (exact) mass is 451 g/mol. The van der Waals surface area contributed by atoms with Gasteiger partial charge in [-0.3, -0.25) is 9.69 Å². The summed E-state index contributed by atoms with van der Waals surface area (Å²) in [5.41, 5.74) is 0.643. The van der Waals surface area contributed by atoms with E-state index in [0.717, 1.165) is 0 Å². The molecule has 0 radical (unpaired) electrons. The number of rotatable bonds is 5.